The molecule has 1 aromatic carbocycles. The molecule has 0 spiro atoms. The van der Waals surface area contributed by atoms with Crippen molar-refractivity contribution in [3.8, 4) is 0 Å². The maximum Gasteiger partial charge on any atom is 0.485 e. The Bertz CT molecular complexity index is 782. The predicted octanol–water partition coefficient (Wildman–Crippen LogP) is 2.18. The van der Waals surface area contributed by atoms with Crippen molar-refractivity contribution in [3.63, 3.8) is 0 Å². The van der Waals surface area contributed by atoms with Crippen molar-refractivity contribution in [2.24, 2.45) is 0 Å². The number of aryl methyl sites for hydroxylation is 4. The Balaban J connectivity index is 0.000000261. The van der Waals surface area contributed by atoms with Gasteiger partial charge in [-0.2, -0.15) is 13.2 Å². The van der Waals surface area contributed by atoms with E-state index in [1.807, 2.05) is 0 Å². The van der Waals surface area contributed by atoms with Gasteiger partial charge in [0, 0.05) is 0 Å². The number of nitrogens with zero attached hydrogens (tertiary/aromatic N) is 1. The predicted molar refractivity (Wildman–Crippen MR) is 76.7 cm³/mol. The van der Waals surface area contributed by atoms with E-state index in [-0.39, 0.29) is 20.4 Å². The first-order valence-electron chi connectivity index (χ1n) is 6.30. The minimum atomic E-state index is -6.09. The fourth-order valence-electron chi connectivity index (χ4n) is 1.84. The molecule has 1 heterocycles. The van der Waals surface area contributed by atoms with Gasteiger partial charge in [-0.25, -0.2) is 8.42 Å². The second kappa shape index (κ2) is 6.87. The standard InChI is InChI=1S/C12H16NTe.CHF3O3S/c1-5-13-10(4)14-12-7-9(3)8(2)6-11(12)13;2-1(3,4)8(5,6)7/h6-7H,5H2,1-4H3;(H,5,6,7)/q+1;/p-1. The number of hydrogen-bond donors (Lipinski definition) is 0. The molecule has 0 unspecified atom stereocenters. The topological polar surface area (TPSA) is 61.1 Å². The second-order valence-corrected chi connectivity index (χ2v) is 9.56. The minimum Gasteiger partial charge on any atom is -0.741 e. The third kappa shape index (κ3) is 4.44. The van der Waals surface area contributed by atoms with Crippen molar-refractivity contribution in [1.29, 1.82) is 0 Å². The number of aromatic nitrogens is 1. The number of hydrogen-bond acceptors (Lipinski definition) is 3. The molecular formula is C13H16F3NO3STe. The van der Waals surface area contributed by atoms with Crippen molar-refractivity contribution >= 4 is 39.5 Å². The monoisotopic (exact) mass is 453 g/mol. The van der Waals surface area contributed by atoms with E-state index in [4.69, 9.17) is 13.0 Å². The van der Waals surface area contributed by atoms with Crippen LogP contribution >= 0.6 is 0 Å². The van der Waals surface area contributed by atoms with Crippen LogP contribution in [0.25, 0.3) is 8.92 Å². The van der Waals surface area contributed by atoms with Crippen LogP contribution in [0.15, 0.2) is 12.1 Å². The summed E-state index contributed by atoms with van der Waals surface area (Å²) in [4.78, 5) is 0. The molecule has 4 nitrogen and oxygen atoms in total. The first kappa shape index (κ1) is 19.4. The number of rotatable bonds is 1. The van der Waals surface area contributed by atoms with Crippen LogP contribution < -0.4 is 4.57 Å². The van der Waals surface area contributed by atoms with Gasteiger partial charge in [-0.15, -0.1) is 0 Å². The van der Waals surface area contributed by atoms with E-state index in [9.17, 15) is 13.2 Å². The van der Waals surface area contributed by atoms with Crippen LogP contribution in [0.1, 0.15) is 21.8 Å². The maximum absolute atomic E-state index is 10.7. The van der Waals surface area contributed by atoms with Gasteiger partial charge in [0.15, 0.2) is 10.1 Å². The fourth-order valence-corrected chi connectivity index (χ4v) is 5.17. The summed E-state index contributed by atoms with van der Waals surface area (Å²) in [6, 6.07) is 4.75. The first-order valence-corrected chi connectivity index (χ1v) is 10.0. The van der Waals surface area contributed by atoms with E-state index in [0.29, 0.717) is 0 Å². The minimum absolute atomic E-state index is 0.0562. The second-order valence-electron chi connectivity index (χ2n) is 4.67. The number of benzene rings is 1. The summed E-state index contributed by atoms with van der Waals surface area (Å²) < 4.78 is 64.6. The van der Waals surface area contributed by atoms with Gasteiger partial charge < -0.3 is 4.55 Å². The molecule has 124 valence electrons. The average molecular weight is 451 g/mol. The van der Waals surface area contributed by atoms with E-state index in [1.165, 1.54) is 16.6 Å². The van der Waals surface area contributed by atoms with Gasteiger partial charge >= 0.3 is 101 Å². The molecule has 0 amide bonds. The van der Waals surface area contributed by atoms with Gasteiger partial charge in [-0.05, 0) is 0 Å². The summed E-state index contributed by atoms with van der Waals surface area (Å²) in [5, 5.41) is 0. The molecule has 0 aliphatic heterocycles. The molecule has 0 saturated heterocycles. The van der Waals surface area contributed by atoms with Gasteiger partial charge in [0.2, 0.25) is 0 Å². The normalized spacial score (nSPS) is 12.2. The molecule has 0 N–H and O–H groups in total. The maximum atomic E-state index is 10.7. The van der Waals surface area contributed by atoms with Crippen LogP contribution in [0.2, 0.25) is 0 Å². The fraction of sp³-hybridized carbons (Fsp3) is 0.462. The zero-order chi connectivity index (χ0) is 17.3. The number of halogens is 3. The molecular weight excluding hydrogens is 435 g/mol. The Morgan fingerprint density at radius 1 is 1.18 bits per heavy atom. The molecule has 2 aromatic rings. The molecule has 9 heteroatoms. The summed E-state index contributed by atoms with van der Waals surface area (Å²) >= 11 is -0.0562. The van der Waals surface area contributed by atoms with Crippen molar-refractivity contribution < 1.29 is 30.7 Å². The summed E-state index contributed by atoms with van der Waals surface area (Å²) in [7, 11) is -6.09. The van der Waals surface area contributed by atoms with Gasteiger partial charge in [0.1, 0.15) is 0 Å². The van der Waals surface area contributed by atoms with E-state index in [1.54, 1.807) is 7.11 Å². The van der Waals surface area contributed by atoms with Crippen molar-refractivity contribution in [2.45, 2.75) is 39.7 Å². The molecule has 0 radical (unpaired) electrons. The zero-order valence-electron chi connectivity index (χ0n) is 12.5. The van der Waals surface area contributed by atoms with Gasteiger partial charge in [-0.3, -0.25) is 0 Å². The SMILES string of the molecule is CC[n+]1c(C)[te]c2cc(C)c(C)cc21.O=S(=O)([O-])C(F)(F)F. The van der Waals surface area contributed by atoms with E-state index in [0.717, 1.165) is 6.54 Å². The van der Waals surface area contributed by atoms with Crippen LogP contribution in [0.5, 0.6) is 0 Å². The van der Waals surface area contributed by atoms with Crippen molar-refractivity contribution in [2.75, 3.05) is 0 Å². The van der Waals surface area contributed by atoms with Gasteiger partial charge in [0.25, 0.3) is 0 Å². The first-order chi connectivity index (χ1) is 9.88. The van der Waals surface area contributed by atoms with Crippen molar-refractivity contribution in [1.82, 2.24) is 0 Å². The van der Waals surface area contributed by atoms with Crippen LogP contribution in [0, 0.1) is 20.8 Å². The Morgan fingerprint density at radius 3 is 2.05 bits per heavy atom. The Morgan fingerprint density at radius 2 is 1.64 bits per heavy atom. The smallest absolute Gasteiger partial charge is 0.485 e. The quantitative estimate of drug-likeness (QED) is 0.289. The molecule has 0 aliphatic carbocycles. The number of alkyl halides is 3. The Kier molecular flexibility index (Phi) is 6.07. The number of fused-ring (bicyclic) bond motifs is 1. The summed E-state index contributed by atoms with van der Waals surface area (Å²) in [5.41, 5.74) is -1.30. The van der Waals surface area contributed by atoms with Crippen LogP contribution in [-0.4, -0.2) is 38.9 Å². The van der Waals surface area contributed by atoms with Crippen molar-refractivity contribution in [3.05, 3.63) is 27.0 Å². The van der Waals surface area contributed by atoms with E-state index < -0.39 is 15.6 Å². The third-order valence-electron chi connectivity index (χ3n) is 3.10. The molecule has 1 aromatic heterocycles. The molecule has 22 heavy (non-hydrogen) atoms. The molecule has 0 aliphatic rings. The largest absolute Gasteiger partial charge is 0.741 e. The van der Waals surface area contributed by atoms with Gasteiger partial charge in [-0.1, -0.05) is 0 Å². The molecule has 2 rings (SSSR count). The Labute approximate surface area is 136 Å². The van der Waals surface area contributed by atoms with Crippen LogP contribution in [0.4, 0.5) is 13.2 Å². The summed E-state index contributed by atoms with van der Waals surface area (Å²) in [5.74, 6) is 0. The Hall–Kier alpha value is -0.620. The summed E-state index contributed by atoms with van der Waals surface area (Å²) in [6.07, 6.45) is 0. The molecule has 0 saturated carbocycles. The summed E-state index contributed by atoms with van der Waals surface area (Å²) in [6.45, 7) is 10.1. The molecule has 0 fully saturated rings. The average Bonchev–Trinajstić information content (AvgIpc) is 2.63. The van der Waals surface area contributed by atoms with Crippen LogP contribution in [0.3, 0.4) is 0 Å². The van der Waals surface area contributed by atoms with Crippen LogP contribution in [-0.2, 0) is 16.7 Å². The molecule has 0 bridgehead atoms. The zero-order valence-corrected chi connectivity index (χ0v) is 15.6. The third-order valence-corrected chi connectivity index (χ3v) is 6.70. The van der Waals surface area contributed by atoms with E-state index in [2.05, 4.69) is 44.4 Å². The van der Waals surface area contributed by atoms with Gasteiger partial charge in [0.05, 0.1) is 0 Å². The molecule has 0 atom stereocenters. The van der Waals surface area contributed by atoms with E-state index >= 15 is 0 Å².